The van der Waals surface area contributed by atoms with Gasteiger partial charge in [0.25, 0.3) is 5.91 Å². The molecule has 0 radical (unpaired) electrons. The Labute approximate surface area is 87.1 Å². The van der Waals surface area contributed by atoms with E-state index < -0.39 is 15.9 Å². The molecule has 0 saturated heterocycles. The molecule has 0 atom stereocenters. The van der Waals surface area contributed by atoms with Crippen molar-refractivity contribution in [1.82, 2.24) is 15.1 Å². The van der Waals surface area contributed by atoms with Crippen molar-refractivity contribution in [1.29, 1.82) is 0 Å². The molecule has 0 aliphatic heterocycles. The largest absolute Gasteiger partial charge is 0.356 e. The highest BCUT2D eigenvalue weighted by molar-refractivity contribution is 7.89. The Morgan fingerprint density at radius 3 is 2.80 bits per heavy atom. The zero-order chi connectivity index (χ0) is 11.5. The zero-order valence-electron chi connectivity index (χ0n) is 8.07. The van der Waals surface area contributed by atoms with E-state index in [1.807, 2.05) is 5.43 Å². The van der Waals surface area contributed by atoms with Crippen molar-refractivity contribution in [3.05, 3.63) is 18.0 Å². The summed E-state index contributed by atoms with van der Waals surface area (Å²) in [4.78, 5) is 13.5. The third-order valence-electron chi connectivity index (χ3n) is 1.68. The fourth-order valence-corrected chi connectivity index (χ4v) is 2.05. The van der Waals surface area contributed by atoms with E-state index in [0.29, 0.717) is 0 Å². The number of aromatic amines is 1. The summed E-state index contributed by atoms with van der Waals surface area (Å²) in [6, 6.07) is 1.21. The maximum absolute atomic E-state index is 11.5. The maximum Gasteiger partial charge on any atom is 0.281 e. The molecule has 0 bridgehead atoms. The number of sulfonamides is 1. The Morgan fingerprint density at radius 2 is 2.27 bits per heavy atom. The van der Waals surface area contributed by atoms with Crippen molar-refractivity contribution in [2.45, 2.75) is 11.8 Å². The maximum atomic E-state index is 11.5. The lowest BCUT2D eigenvalue weighted by molar-refractivity contribution is 0.0949. The number of hydrogen-bond donors (Lipinski definition) is 4. The second-order valence-corrected chi connectivity index (χ2v) is 4.49. The number of carbonyl (C=O) groups excluding carboxylic acids is 1. The summed E-state index contributed by atoms with van der Waals surface area (Å²) in [5.74, 6) is 4.32. The molecule has 8 heteroatoms. The van der Waals surface area contributed by atoms with Crippen LogP contribution in [0, 0.1) is 0 Å². The first-order valence-electron chi connectivity index (χ1n) is 4.20. The molecule has 0 fully saturated rings. The fraction of sp³-hybridized carbons (Fsp3) is 0.286. The second-order valence-electron chi connectivity index (χ2n) is 2.72. The van der Waals surface area contributed by atoms with Crippen LogP contribution in [0.15, 0.2) is 17.2 Å². The molecule has 0 aliphatic carbocycles. The van der Waals surface area contributed by atoms with Crippen LogP contribution in [-0.2, 0) is 10.0 Å². The molecule has 0 saturated carbocycles. The Bertz CT molecular complexity index is 451. The number of carbonyl (C=O) groups is 1. The standard InChI is InChI=1S/C7H12N4O3S/c1-2-10-15(13,14)5-3-6(9-4-5)7(12)11-8/h3-4,9-10H,2,8H2,1H3,(H,11,12). The monoisotopic (exact) mass is 232 g/mol. The van der Waals surface area contributed by atoms with Crippen molar-refractivity contribution in [2.24, 2.45) is 5.84 Å². The van der Waals surface area contributed by atoms with Gasteiger partial charge in [0.05, 0.1) is 0 Å². The Morgan fingerprint density at radius 1 is 1.60 bits per heavy atom. The van der Waals surface area contributed by atoms with E-state index in [2.05, 4.69) is 9.71 Å². The van der Waals surface area contributed by atoms with Crippen LogP contribution in [0.3, 0.4) is 0 Å². The van der Waals surface area contributed by atoms with Crippen molar-refractivity contribution in [3.8, 4) is 0 Å². The van der Waals surface area contributed by atoms with E-state index in [-0.39, 0.29) is 17.1 Å². The highest BCUT2D eigenvalue weighted by Crippen LogP contribution is 2.09. The van der Waals surface area contributed by atoms with Crippen LogP contribution < -0.4 is 16.0 Å². The highest BCUT2D eigenvalue weighted by Gasteiger charge is 2.16. The highest BCUT2D eigenvalue weighted by atomic mass is 32.2. The Hall–Kier alpha value is -1.38. The number of nitrogens with one attached hydrogen (secondary N) is 3. The SMILES string of the molecule is CCNS(=O)(=O)c1c[nH]c(C(=O)NN)c1. The molecule has 0 spiro atoms. The van der Waals surface area contributed by atoms with Crippen LogP contribution in [-0.4, -0.2) is 25.9 Å². The van der Waals surface area contributed by atoms with Crippen molar-refractivity contribution >= 4 is 15.9 Å². The molecular weight excluding hydrogens is 220 g/mol. The van der Waals surface area contributed by atoms with Gasteiger partial charge in [-0.2, -0.15) is 0 Å². The van der Waals surface area contributed by atoms with Crippen LogP contribution in [0.5, 0.6) is 0 Å². The van der Waals surface area contributed by atoms with Gasteiger partial charge in [0.1, 0.15) is 10.6 Å². The summed E-state index contributed by atoms with van der Waals surface area (Å²) in [7, 11) is -3.53. The number of nitrogens with two attached hydrogens (primary N) is 1. The minimum absolute atomic E-state index is 0.00273. The number of nitrogen functional groups attached to an aromatic ring is 1. The van der Waals surface area contributed by atoms with Gasteiger partial charge < -0.3 is 4.98 Å². The number of H-pyrrole nitrogens is 1. The van der Waals surface area contributed by atoms with E-state index in [1.54, 1.807) is 6.92 Å². The lowest BCUT2D eigenvalue weighted by Crippen LogP contribution is -2.30. The summed E-state index contributed by atoms with van der Waals surface area (Å²) < 4.78 is 25.2. The van der Waals surface area contributed by atoms with E-state index in [0.717, 1.165) is 0 Å². The smallest absolute Gasteiger partial charge is 0.281 e. The van der Waals surface area contributed by atoms with Crippen LogP contribution in [0.2, 0.25) is 0 Å². The lowest BCUT2D eigenvalue weighted by Gasteiger charge is -1.99. The molecule has 0 aromatic carbocycles. The van der Waals surface area contributed by atoms with Crippen LogP contribution in [0.25, 0.3) is 0 Å². The molecule has 1 heterocycles. The number of hydrazine groups is 1. The normalized spacial score (nSPS) is 11.3. The van der Waals surface area contributed by atoms with Crippen molar-refractivity contribution in [2.75, 3.05) is 6.54 Å². The lowest BCUT2D eigenvalue weighted by atomic mass is 10.4. The topological polar surface area (TPSA) is 117 Å². The number of hydrogen-bond acceptors (Lipinski definition) is 4. The molecule has 0 unspecified atom stereocenters. The van der Waals surface area contributed by atoms with E-state index in [4.69, 9.17) is 5.84 Å². The first kappa shape index (κ1) is 11.7. The molecule has 15 heavy (non-hydrogen) atoms. The average molecular weight is 232 g/mol. The summed E-state index contributed by atoms with van der Waals surface area (Å²) >= 11 is 0. The molecule has 1 rings (SSSR count). The van der Waals surface area contributed by atoms with E-state index in [9.17, 15) is 13.2 Å². The third kappa shape index (κ3) is 2.55. The van der Waals surface area contributed by atoms with Crippen LogP contribution in [0.1, 0.15) is 17.4 Å². The van der Waals surface area contributed by atoms with E-state index >= 15 is 0 Å². The van der Waals surface area contributed by atoms with Crippen molar-refractivity contribution in [3.63, 3.8) is 0 Å². The molecular formula is C7H12N4O3S. The summed E-state index contributed by atoms with van der Waals surface area (Å²) in [6.07, 6.45) is 1.22. The molecule has 0 aliphatic rings. The first-order chi connectivity index (χ1) is 7.01. The van der Waals surface area contributed by atoms with Gasteiger partial charge in [0.2, 0.25) is 10.0 Å². The van der Waals surface area contributed by atoms with Gasteiger partial charge in [-0.3, -0.25) is 10.2 Å². The minimum atomic E-state index is -3.53. The van der Waals surface area contributed by atoms with Gasteiger partial charge in [-0.05, 0) is 6.07 Å². The van der Waals surface area contributed by atoms with Gasteiger partial charge in [-0.25, -0.2) is 19.0 Å². The van der Waals surface area contributed by atoms with Crippen LogP contribution in [0.4, 0.5) is 0 Å². The predicted molar refractivity (Wildman–Crippen MR) is 53.3 cm³/mol. The first-order valence-corrected chi connectivity index (χ1v) is 5.68. The minimum Gasteiger partial charge on any atom is -0.356 e. The van der Waals surface area contributed by atoms with Crippen molar-refractivity contribution < 1.29 is 13.2 Å². The van der Waals surface area contributed by atoms with Crippen LogP contribution >= 0.6 is 0 Å². The predicted octanol–water partition coefficient (Wildman–Crippen LogP) is -1.08. The summed E-state index contributed by atoms with van der Waals surface area (Å²) in [5, 5.41) is 0. The van der Waals surface area contributed by atoms with Gasteiger partial charge in [-0.1, -0.05) is 6.92 Å². The average Bonchev–Trinajstić information content (AvgIpc) is 2.66. The van der Waals surface area contributed by atoms with Gasteiger partial charge in [0, 0.05) is 12.7 Å². The zero-order valence-corrected chi connectivity index (χ0v) is 8.89. The third-order valence-corrected chi connectivity index (χ3v) is 3.20. The molecule has 1 aromatic rings. The van der Waals surface area contributed by atoms with Gasteiger partial charge >= 0.3 is 0 Å². The molecule has 1 amide bonds. The number of aromatic nitrogens is 1. The summed E-state index contributed by atoms with van der Waals surface area (Å²) in [6.45, 7) is 1.95. The summed E-state index contributed by atoms with van der Waals surface area (Å²) in [5.41, 5.74) is 1.98. The Kier molecular flexibility index (Phi) is 3.45. The van der Waals surface area contributed by atoms with Gasteiger partial charge in [0.15, 0.2) is 0 Å². The quantitative estimate of drug-likeness (QED) is 0.300. The molecule has 7 nitrogen and oxygen atoms in total. The molecule has 1 aromatic heterocycles. The van der Waals surface area contributed by atoms with Gasteiger partial charge in [-0.15, -0.1) is 0 Å². The second kappa shape index (κ2) is 4.43. The Balaban J connectivity index is 2.99. The fourth-order valence-electron chi connectivity index (χ4n) is 1.01. The number of rotatable bonds is 4. The molecule has 84 valence electrons. The molecule has 5 N–H and O–H groups in total. The number of amides is 1. The van der Waals surface area contributed by atoms with E-state index in [1.165, 1.54) is 12.3 Å².